The van der Waals surface area contributed by atoms with E-state index in [0.29, 0.717) is 17.3 Å². The zero-order valence-corrected chi connectivity index (χ0v) is 14.0. The maximum absolute atomic E-state index is 12.4. The van der Waals surface area contributed by atoms with Crippen LogP contribution >= 0.6 is 24.0 Å². The maximum atomic E-state index is 12.4. The van der Waals surface area contributed by atoms with Crippen LogP contribution in [0.25, 0.3) is 6.08 Å². The Hall–Kier alpha value is -2.12. The topological polar surface area (TPSA) is 66.8 Å². The van der Waals surface area contributed by atoms with Crippen LogP contribution in [0.4, 0.5) is 0 Å². The van der Waals surface area contributed by atoms with E-state index in [9.17, 15) is 9.59 Å². The van der Waals surface area contributed by atoms with Crippen molar-refractivity contribution in [1.82, 2.24) is 4.90 Å². The highest BCUT2D eigenvalue weighted by atomic mass is 32.2. The number of nitrogens with zero attached hydrogens (tertiary/aromatic N) is 1. The van der Waals surface area contributed by atoms with Crippen LogP contribution in [0.2, 0.25) is 0 Å². The molecule has 1 aliphatic rings. The first-order chi connectivity index (χ1) is 11.0. The summed E-state index contributed by atoms with van der Waals surface area (Å²) in [4.78, 5) is 25.0. The highest BCUT2D eigenvalue weighted by Crippen LogP contribution is 2.35. The van der Waals surface area contributed by atoms with Crippen LogP contribution in [0.3, 0.4) is 0 Å². The predicted octanol–water partition coefficient (Wildman–Crippen LogP) is 2.93. The molecule has 0 radical (unpaired) electrons. The van der Waals surface area contributed by atoms with Gasteiger partial charge in [0.1, 0.15) is 22.7 Å². The molecule has 1 amide bonds. The molecule has 0 saturated carbocycles. The number of benzene rings is 1. The molecule has 7 heteroatoms. The molecule has 1 aromatic carbocycles. The van der Waals surface area contributed by atoms with Crippen molar-refractivity contribution >= 4 is 46.3 Å². The molecule has 5 nitrogen and oxygen atoms in total. The monoisotopic (exact) mass is 349 g/mol. The first-order valence-corrected chi connectivity index (χ1v) is 8.00. The van der Waals surface area contributed by atoms with E-state index < -0.39 is 17.9 Å². The number of thiocarbonyl (C=S) groups is 1. The van der Waals surface area contributed by atoms with Crippen molar-refractivity contribution in [3.63, 3.8) is 0 Å². The first-order valence-electron chi connectivity index (χ1n) is 6.78. The minimum Gasteiger partial charge on any atom is -0.489 e. The van der Waals surface area contributed by atoms with Gasteiger partial charge >= 0.3 is 5.97 Å². The normalized spacial score (nSPS) is 17.4. The molecule has 1 N–H and O–H groups in total. The Morgan fingerprint density at radius 3 is 2.87 bits per heavy atom. The second kappa shape index (κ2) is 7.43. The number of carbonyl (C=O) groups excluding carboxylic acids is 1. The van der Waals surface area contributed by atoms with Gasteiger partial charge in [-0.15, -0.1) is 0 Å². The van der Waals surface area contributed by atoms with Crippen LogP contribution in [0.1, 0.15) is 12.5 Å². The minimum atomic E-state index is -1.10. The molecule has 0 aliphatic carbocycles. The molecule has 0 bridgehead atoms. The molecule has 1 aromatic rings. The van der Waals surface area contributed by atoms with Crippen molar-refractivity contribution in [3.05, 3.63) is 47.4 Å². The molecular formula is C16H15NO4S2. The van der Waals surface area contributed by atoms with Crippen molar-refractivity contribution in [2.24, 2.45) is 0 Å². The van der Waals surface area contributed by atoms with E-state index in [1.807, 2.05) is 18.2 Å². The number of ether oxygens (including phenoxy) is 1. The number of carboxylic acids is 1. The fraction of sp³-hybridized carbons (Fsp3) is 0.188. The quantitative estimate of drug-likeness (QED) is 0.484. The number of hydrogen-bond donors (Lipinski definition) is 1. The summed E-state index contributed by atoms with van der Waals surface area (Å²) in [6, 6.07) is 6.25. The summed E-state index contributed by atoms with van der Waals surface area (Å²) in [7, 11) is 0. The van der Waals surface area contributed by atoms with Crippen molar-refractivity contribution in [3.8, 4) is 5.75 Å². The molecule has 23 heavy (non-hydrogen) atoms. The van der Waals surface area contributed by atoms with Gasteiger partial charge < -0.3 is 9.84 Å². The lowest BCUT2D eigenvalue weighted by molar-refractivity contribution is -0.144. The molecule has 1 fully saturated rings. The number of carboxylic acid groups (broad SMARTS) is 1. The van der Waals surface area contributed by atoms with Gasteiger partial charge in [0.25, 0.3) is 5.91 Å². The lowest BCUT2D eigenvalue weighted by Crippen LogP contribution is -2.41. The Balaban J connectivity index is 2.31. The van der Waals surface area contributed by atoms with Gasteiger partial charge in [-0.1, -0.05) is 54.8 Å². The molecular weight excluding hydrogens is 334 g/mol. The van der Waals surface area contributed by atoms with Gasteiger partial charge in [-0.2, -0.15) is 0 Å². The predicted molar refractivity (Wildman–Crippen MR) is 94.2 cm³/mol. The van der Waals surface area contributed by atoms with Crippen LogP contribution in [0.15, 0.2) is 41.8 Å². The van der Waals surface area contributed by atoms with Crippen molar-refractivity contribution in [1.29, 1.82) is 0 Å². The molecule has 120 valence electrons. The fourth-order valence-electron chi connectivity index (χ4n) is 1.95. The van der Waals surface area contributed by atoms with Crippen LogP contribution in [0, 0.1) is 0 Å². The number of hydrogen-bond acceptors (Lipinski definition) is 5. The average molecular weight is 349 g/mol. The van der Waals surface area contributed by atoms with Gasteiger partial charge in [0.2, 0.25) is 0 Å². The average Bonchev–Trinajstić information content (AvgIpc) is 2.79. The van der Waals surface area contributed by atoms with E-state index in [4.69, 9.17) is 22.1 Å². The number of carbonyl (C=O) groups is 2. The Morgan fingerprint density at radius 1 is 1.52 bits per heavy atom. The number of rotatable bonds is 6. The Bertz CT molecular complexity index is 699. The van der Waals surface area contributed by atoms with E-state index in [1.54, 1.807) is 18.2 Å². The molecule has 1 aliphatic heterocycles. The van der Waals surface area contributed by atoms with Gasteiger partial charge in [-0.05, 0) is 19.1 Å². The number of thioether (sulfide) groups is 1. The van der Waals surface area contributed by atoms with Crippen LogP contribution in [0.5, 0.6) is 5.75 Å². The van der Waals surface area contributed by atoms with Crippen LogP contribution in [-0.4, -0.2) is 38.9 Å². The van der Waals surface area contributed by atoms with Gasteiger partial charge in [0, 0.05) is 5.56 Å². The largest absolute Gasteiger partial charge is 0.489 e. The highest BCUT2D eigenvalue weighted by molar-refractivity contribution is 8.26. The fourth-order valence-corrected chi connectivity index (χ4v) is 3.35. The zero-order valence-electron chi connectivity index (χ0n) is 12.4. The van der Waals surface area contributed by atoms with Crippen molar-refractivity contribution in [2.75, 3.05) is 6.61 Å². The molecule has 1 heterocycles. The third kappa shape index (κ3) is 3.80. The number of amides is 1. The molecule has 0 aromatic heterocycles. The summed E-state index contributed by atoms with van der Waals surface area (Å²) in [5.41, 5.74) is 0.720. The van der Waals surface area contributed by atoms with Gasteiger partial charge in [-0.25, -0.2) is 4.79 Å². The summed E-state index contributed by atoms with van der Waals surface area (Å²) in [5.74, 6) is -0.894. The second-order valence-corrected chi connectivity index (χ2v) is 6.38. The third-order valence-electron chi connectivity index (χ3n) is 3.13. The summed E-state index contributed by atoms with van der Waals surface area (Å²) in [5, 5.41) is 9.08. The first kappa shape index (κ1) is 17.2. The standard InChI is InChI=1S/C16H15NO4S2/c1-3-8-21-12-7-5-4-6-11(12)9-13-14(18)17(16(22)23-13)10(2)15(19)20/h3-7,9-10H,1,8H2,2H3,(H,19,20)/b13-9-/t10-/m1/s1. The molecule has 0 unspecified atom stereocenters. The Morgan fingerprint density at radius 2 is 2.22 bits per heavy atom. The van der Waals surface area contributed by atoms with E-state index in [1.165, 1.54) is 6.92 Å². The highest BCUT2D eigenvalue weighted by Gasteiger charge is 2.38. The van der Waals surface area contributed by atoms with Crippen molar-refractivity contribution in [2.45, 2.75) is 13.0 Å². The van der Waals surface area contributed by atoms with E-state index in [2.05, 4.69) is 6.58 Å². The Labute approximate surface area is 143 Å². The van der Waals surface area contributed by atoms with Gasteiger partial charge in [0.15, 0.2) is 0 Å². The summed E-state index contributed by atoms with van der Waals surface area (Å²) in [6.45, 7) is 5.38. The third-order valence-corrected chi connectivity index (χ3v) is 4.46. The molecule has 1 saturated heterocycles. The lowest BCUT2D eigenvalue weighted by Gasteiger charge is -2.18. The second-order valence-electron chi connectivity index (χ2n) is 4.70. The number of aliphatic carboxylic acids is 1. The smallest absolute Gasteiger partial charge is 0.326 e. The Kier molecular flexibility index (Phi) is 5.57. The minimum absolute atomic E-state index is 0.237. The molecule has 1 atom stereocenters. The molecule has 0 spiro atoms. The van der Waals surface area contributed by atoms with Crippen LogP contribution < -0.4 is 4.74 Å². The van der Waals surface area contributed by atoms with Gasteiger partial charge in [-0.3, -0.25) is 9.69 Å². The van der Waals surface area contributed by atoms with Crippen molar-refractivity contribution < 1.29 is 19.4 Å². The van der Waals surface area contributed by atoms with Crippen LogP contribution in [-0.2, 0) is 9.59 Å². The number of para-hydroxylation sites is 1. The molecule has 2 rings (SSSR count). The summed E-state index contributed by atoms with van der Waals surface area (Å²) < 4.78 is 5.78. The van der Waals surface area contributed by atoms with E-state index >= 15 is 0 Å². The maximum Gasteiger partial charge on any atom is 0.326 e. The zero-order chi connectivity index (χ0) is 17.0. The summed E-state index contributed by atoms with van der Waals surface area (Å²) in [6.07, 6.45) is 3.29. The lowest BCUT2D eigenvalue weighted by atomic mass is 10.2. The van der Waals surface area contributed by atoms with Gasteiger partial charge in [0.05, 0.1) is 4.91 Å². The van der Waals surface area contributed by atoms with E-state index in [0.717, 1.165) is 22.2 Å². The summed E-state index contributed by atoms with van der Waals surface area (Å²) >= 11 is 6.21. The van der Waals surface area contributed by atoms with E-state index in [-0.39, 0.29) is 4.32 Å². The SMILES string of the molecule is C=CCOc1ccccc1/C=C1\SC(=S)N([C@H](C)C(=O)O)C1=O.